The Morgan fingerprint density at radius 2 is 2.07 bits per heavy atom. The molecule has 2 aliphatic rings. The third-order valence-corrected chi connectivity index (χ3v) is 5.76. The number of rotatable bonds is 5. The normalized spacial score (nSPS) is 25.1. The topological polar surface area (TPSA) is 134 Å². The molecule has 1 aliphatic carbocycles. The largest absolute Gasteiger partial charge is 0.484 e. The maximum atomic E-state index is 14.3. The fourth-order valence-corrected chi connectivity index (χ4v) is 3.51. The summed E-state index contributed by atoms with van der Waals surface area (Å²) in [6.07, 6.45) is 2.42. The number of ether oxygens (including phenoxy) is 1. The molecular formula is C20H25FN6O2. The fourth-order valence-electron chi connectivity index (χ4n) is 3.51. The molecule has 1 aromatic heterocycles. The highest BCUT2D eigenvalue weighted by Crippen LogP contribution is 2.41. The van der Waals surface area contributed by atoms with Gasteiger partial charge < -0.3 is 26.2 Å². The van der Waals surface area contributed by atoms with Crippen molar-refractivity contribution >= 4 is 17.2 Å². The number of aliphatic hydroxyl groups is 1. The average molecular weight is 400 g/mol. The number of hydrogen-bond acceptors (Lipinski definition) is 8. The number of hydrogen-bond donors (Lipinski definition) is 4. The summed E-state index contributed by atoms with van der Waals surface area (Å²) in [7, 11) is 0. The lowest BCUT2D eigenvalue weighted by Crippen LogP contribution is -2.40. The SMILES string of the molecule is CC1C(N)C(O)CN1c1cc(C(=N)c2cc(OC3(C)CC3)c(F)cc2N)ncn1. The predicted molar refractivity (Wildman–Crippen MR) is 108 cm³/mol. The van der Waals surface area contributed by atoms with Crippen LogP contribution in [0.25, 0.3) is 0 Å². The summed E-state index contributed by atoms with van der Waals surface area (Å²) in [5, 5.41) is 18.6. The molecule has 1 saturated heterocycles. The highest BCUT2D eigenvalue weighted by Gasteiger charge is 2.41. The van der Waals surface area contributed by atoms with Crippen LogP contribution in [0, 0.1) is 11.2 Å². The zero-order valence-electron chi connectivity index (χ0n) is 16.4. The first-order valence-corrected chi connectivity index (χ1v) is 9.58. The highest BCUT2D eigenvalue weighted by atomic mass is 19.1. The van der Waals surface area contributed by atoms with Crippen LogP contribution in [0.3, 0.4) is 0 Å². The second-order valence-corrected chi connectivity index (χ2v) is 8.10. The van der Waals surface area contributed by atoms with Crippen molar-refractivity contribution in [1.29, 1.82) is 5.41 Å². The summed E-state index contributed by atoms with van der Waals surface area (Å²) in [6.45, 7) is 4.18. The monoisotopic (exact) mass is 400 g/mol. The molecule has 1 aliphatic heterocycles. The first-order chi connectivity index (χ1) is 13.7. The van der Waals surface area contributed by atoms with Crippen molar-refractivity contribution in [3.05, 3.63) is 41.6 Å². The van der Waals surface area contributed by atoms with Gasteiger partial charge in [-0.15, -0.1) is 0 Å². The van der Waals surface area contributed by atoms with Gasteiger partial charge in [-0.3, -0.25) is 5.41 Å². The lowest BCUT2D eigenvalue weighted by Gasteiger charge is -2.24. The second-order valence-electron chi connectivity index (χ2n) is 8.10. The van der Waals surface area contributed by atoms with Gasteiger partial charge in [-0.2, -0.15) is 0 Å². The minimum Gasteiger partial charge on any atom is -0.484 e. The smallest absolute Gasteiger partial charge is 0.167 e. The van der Waals surface area contributed by atoms with Crippen LogP contribution in [0.2, 0.25) is 0 Å². The maximum absolute atomic E-state index is 14.3. The van der Waals surface area contributed by atoms with Crippen LogP contribution < -0.4 is 21.1 Å². The number of aromatic nitrogens is 2. The number of nitrogens with one attached hydrogen (secondary N) is 1. The van der Waals surface area contributed by atoms with Gasteiger partial charge in [0.1, 0.15) is 17.7 Å². The molecule has 3 atom stereocenters. The molecule has 0 amide bonds. The molecule has 8 nitrogen and oxygen atoms in total. The number of anilines is 2. The maximum Gasteiger partial charge on any atom is 0.167 e. The van der Waals surface area contributed by atoms with Gasteiger partial charge in [0.15, 0.2) is 11.6 Å². The number of aliphatic hydroxyl groups excluding tert-OH is 1. The minimum atomic E-state index is -0.654. The van der Waals surface area contributed by atoms with Crippen molar-refractivity contribution in [1.82, 2.24) is 9.97 Å². The van der Waals surface area contributed by atoms with Crippen molar-refractivity contribution in [3.8, 4) is 5.75 Å². The summed E-state index contributed by atoms with van der Waals surface area (Å²) < 4.78 is 20.1. The third kappa shape index (κ3) is 3.63. The van der Waals surface area contributed by atoms with E-state index in [0.717, 1.165) is 12.8 Å². The van der Waals surface area contributed by atoms with Gasteiger partial charge in [-0.25, -0.2) is 14.4 Å². The van der Waals surface area contributed by atoms with Gasteiger partial charge in [0.05, 0.1) is 23.6 Å². The van der Waals surface area contributed by atoms with Gasteiger partial charge in [0.25, 0.3) is 0 Å². The van der Waals surface area contributed by atoms with Crippen LogP contribution in [0.4, 0.5) is 15.9 Å². The molecule has 154 valence electrons. The van der Waals surface area contributed by atoms with E-state index >= 15 is 0 Å². The van der Waals surface area contributed by atoms with E-state index in [2.05, 4.69) is 9.97 Å². The molecular weight excluding hydrogens is 375 g/mol. The van der Waals surface area contributed by atoms with Crippen LogP contribution in [-0.2, 0) is 0 Å². The van der Waals surface area contributed by atoms with E-state index in [-0.39, 0.29) is 34.8 Å². The first kappa shape index (κ1) is 19.5. The van der Waals surface area contributed by atoms with E-state index in [1.807, 2.05) is 18.7 Å². The summed E-state index contributed by atoms with van der Waals surface area (Å²) in [5.41, 5.74) is 12.5. The van der Waals surface area contributed by atoms with E-state index in [4.69, 9.17) is 21.6 Å². The highest BCUT2D eigenvalue weighted by molar-refractivity contribution is 6.13. The van der Waals surface area contributed by atoms with Gasteiger partial charge in [-0.05, 0) is 32.8 Å². The van der Waals surface area contributed by atoms with Crippen molar-refractivity contribution in [3.63, 3.8) is 0 Å². The number of nitrogens with zero attached hydrogens (tertiary/aromatic N) is 3. The standard InChI is InChI=1S/C20H25FN6O2/c1-10-18(23)15(28)8-27(10)17-7-14(25-9-26-17)19(24)11-5-16(12(21)6-13(11)22)29-20(2)3-4-20/h5-7,9-10,15,18,24,28H,3-4,8,22-23H2,1-2H3. The molecule has 29 heavy (non-hydrogen) atoms. The Kier molecular flexibility index (Phi) is 4.66. The molecule has 1 saturated carbocycles. The molecule has 2 heterocycles. The first-order valence-electron chi connectivity index (χ1n) is 9.58. The average Bonchev–Trinajstić information content (AvgIpc) is 3.37. The Morgan fingerprint density at radius 3 is 2.69 bits per heavy atom. The lowest BCUT2D eigenvalue weighted by molar-refractivity contribution is 0.175. The number of nitrogen functional groups attached to an aromatic ring is 1. The van der Waals surface area contributed by atoms with Gasteiger partial charge in [0.2, 0.25) is 0 Å². The Balaban J connectivity index is 1.64. The second kappa shape index (κ2) is 6.93. The van der Waals surface area contributed by atoms with Crippen molar-refractivity contribution in [2.75, 3.05) is 17.2 Å². The van der Waals surface area contributed by atoms with Crippen molar-refractivity contribution in [2.24, 2.45) is 5.73 Å². The number of benzene rings is 1. The summed E-state index contributed by atoms with van der Waals surface area (Å²) in [6, 6.07) is 3.78. The zero-order valence-corrected chi connectivity index (χ0v) is 16.4. The lowest BCUT2D eigenvalue weighted by atomic mass is 10.0. The molecule has 0 spiro atoms. The van der Waals surface area contributed by atoms with E-state index in [9.17, 15) is 9.50 Å². The zero-order chi connectivity index (χ0) is 20.9. The molecule has 0 bridgehead atoms. The Hall–Kier alpha value is -2.78. The molecule has 1 aromatic carbocycles. The summed E-state index contributed by atoms with van der Waals surface area (Å²) in [4.78, 5) is 10.3. The molecule has 0 radical (unpaired) electrons. The van der Waals surface area contributed by atoms with E-state index in [1.165, 1.54) is 18.5 Å². The van der Waals surface area contributed by atoms with Crippen LogP contribution in [0.15, 0.2) is 24.5 Å². The minimum absolute atomic E-state index is 0.0358. The fraction of sp³-hybridized carbons (Fsp3) is 0.450. The molecule has 3 unspecified atom stereocenters. The summed E-state index contributed by atoms with van der Waals surface area (Å²) >= 11 is 0. The molecule has 4 rings (SSSR count). The number of β-amino-alcohol motifs (C(OH)–C–C–N with tert-alkyl or cyclic N) is 1. The third-order valence-electron chi connectivity index (χ3n) is 5.76. The Labute approximate surface area is 168 Å². The predicted octanol–water partition coefficient (Wildman–Crippen LogP) is 1.44. The van der Waals surface area contributed by atoms with Crippen LogP contribution >= 0.6 is 0 Å². The van der Waals surface area contributed by atoms with Crippen LogP contribution in [0.1, 0.15) is 37.9 Å². The van der Waals surface area contributed by atoms with Gasteiger partial charge in [0, 0.05) is 36.0 Å². The van der Waals surface area contributed by atoms with E-state index in [0.29, 0.717) is 23.6 Å². The van der Waals surface area contributed by atoms with E-state index < -0.39 is 11.9 Å². The van der Waals surface area contributed by atoms with E-state index in [1.54, 1.807) is 6.07 Å². The van der Waals surface area contributed by atoms with Gasteiger partial charge >= 0.3 is 0 Å². The van der Waals surface area contributed by atoms with Gasteiger partial charge in [-0.1, -0.05) is 0 Å². The van der Waals surface area contributed by atoms with Crippen LogP contribution in [0.5, 0.6) is 5.75 Å². The molecule has 9 heteroatoms. The number of halogens is 1. The van der Waals surface area contributed by atoms with Crippen LogP contribution in [-0.4, -0.2) is 51.1 Å². The molecule has 2 fully saturated rings. The Morgan fingerprint density at radius 1 is 1.34 bits per heavy atom. The van der Waals surface area contributed by atoms with Crippen molar-refractivity contribution < 1.29 is 14.2 Å². The molecule has 6 N–H and O–H groups in total. The summed E-state index contributed by atoms with van der Waals surface area (Å²) in [5.74, 6) is 0.0850. The van der Waals surface area contributed by atoms with Crippen molar-refractivity contribution in [2.45, 2.75) is 50.5 Å². The quantitative estimate of drug-likeness (QED) is 0.441. The Bertz CT molecular complexity index is 964. The number of nitrogens with two attached hydrogens (primary N) is 2. The molecule has 2 aromatic rings.